The first kappa shape index (κ1) is 19.8. The van der Waals surface area contributed by atoms with Gasteiger partial charge in [0.25, 0.3) is 0 Å². The van der Waals surface area contributed by atoms with Crippen LogP contribution in [0.5, 0.6) is 0 Å². The molecule has 2 aromatic rings. The van der Waals surface area contributed by atoms with Crippen molar-refractivity contribution in [3.8, 4) is 0 Å². The molecule has 8 heteroatoms. The molecule has 0 aliphatic carbocycles. The van der Waals surface area contributed by atoms with Crippen molar-refractivity contribution in [3.63, 3.8) is 0 Å². The SMILES string of the molecule is CN=C(NCC(=O)N(C)CCc1ccccn1)NCc1sc(C)nc1C. The van der Waals surface area contributed by atoms with Crippen LogP contribution in [0, 0.1) is 13.8 Å². The highest BCUT2D eigenvalue weighted by Gasteiger charge is 2.11. The molecule has 7 nitrogen and oxygen atoms in total. The molecule has 2 rings (SSSR count). The van der Waals surface area contributed by atoms with Crippen LogP contribution in [0.3, 0.4) is 0 Å². The molecule has 2 heterocycles. The third-order valence-electron chi connectivity index (χ3n) is 3.90. The number of nitrogens with one attached hydrogen (secondary N) is 2. The van der Waals surface area contributed by atoms with Gasteiger partial charge in [-0.15, -0.1) is 11.3 Å². The predicted molar refractivity (Wildman–Crippen MR) is 105 cm³/mol. The molecule has 0 radical (unpaired) electrons. The zero-order chi connectivity index (χ0) is 18.9. The van der Waals surface area contributed by atoms with E-state index in [1.165, 1.54) is 4.88 Å². The summed E-state index contributed by atoms with van der Waals surface area (Å²) in [5.41, 5.74) is 2.01. The van der Waals surface area contributed by atoms with Crippen molar-refractivity contribution >= 4 is 23.2 Å². The Morgan fingerprint density at radius 1 is 1.31 bits per heavy atom. The highest BCUT2D eigenvalue weighted by atomic mass is 32.1. The minimum atomic E-state index is 0.00805. The van der Waals surface area contributed by atoms with Crippen molar-refractivity contribution in [2.75, 3.05) is 27.2 Å². The lowest BCUT2D eigenvalue weighted by molar-refractivity contribution is -0.128. The number of hydrogen-bond donors (Lipinski definition) is 2. The summed E-state index contributed by atoms with van der Waals surface area (Å²) in [6, 6.07) is 5.80. The second-order valence-corrected chi connectivity index (χ2v) is 7.19. The number of aliphatic imine (C=N–C) groups is 1. The fourth-order valence-electron chi connectivity index (χ4n) is 2.37. The molecule has 0 aliphatic rings. The van der Waals surface area contributed by atoms with Crippen LogP contribution in [0.4, 0.5) is 0 Å². The van der Waals surface area contributed by atoms with Gasteiger partial charge in [-0.25, -0.2) is 4.98 Å². The number of thiazole rings is 1. The summed E-state index contributed by atoms with van der Waals surface area (Å²) in [5, 5.41) is 7.33. The standard InChI is InChI=1S/C18H26N6OS/c1-13-16(26-14(2)23-13)11-21-18(19-3)22-12-17(25)24(4)10-8-15-7-5-6-9-20-15/h5-7,9H,8,10-12H2,1-4H3,(H2,19,21,22). The lowest BCUT2D eigenvalue weighted by Crippen LogP contribution is -2.43. The molecule has 2 N–H and O–H groups in total. The summed E-state index contributed by atoms with van der Waals surface area (Å²) in [6.07, 6.45) is 2.50. The Morgan fingerprint density at radius 2 is 2.12 bits per heavy atom. The Kier molecular flexibility index (Phi) is 7.53. The van der Waals surface area contributed by atoms with E-state index in [0.29, 0.717) is 19.0 Å². The second-order valence-electron chi connectivity index (χ2n) is 5.91. The lowest BCUT2D eigenvalue weighted by atomic mass is 10.2. The van der Waals surface area contributed by atoms with Crippen molar-refractivity contribution in [2.45, 2.75) is 26.8 Å². The Balaban J connectivity index is 1.74. The van der Waals surface area contributed by atoms with E-state index in [-0.39, 0.29) is 12.5 Å². The second kappa shape index (κ2) is 9.86. The van der Waals surface area contributed by atoms with E-state index in [2.05, 4.69) is 25.6 Å². The first-order valence-corrected chi connectivity index (χ1v) is 9.32. The van der Waals surface area contributed by atoms with Gasteiger partial charge < -0.3 is 15.5 Å². The van der Waals surface area contributed by atoms with Crippen molar-refractivity contribution in [2.24, 2.45) is 4.99 Å². The maximum Gasteiger partial charge on any atom is 0.241 e. The Hall–Kier alpha value is -2.48. The van der Waals surface area contributed by atoms with E-state index in [1.54, 1.807) is 36.5 Å². The van der Waals surface area contributed by atoms with Gasteiger partial charge >= 0.3 is 0 Å². The third kappa shape index (κ3) is 6.11. The van der Waals surface area contributed by atoms with E-state index in [9.17, 15) is 4.79 Å². The summed E-state index contributed by atoms with van der Waals surface area (Å²) in [4.78, 5) is 28.0. The number of guanidine groups is 1. The van der Waals surface area contributed by atoms with E-state index < -0.39 is 0 Å². The largest absolute Gasteiger partial charge is 0.351 e. The fourth-order valence-corrected chi connectivity index (χ4v) is 3.25. The topological polar surface area (TPSA) is 82.5 Å². The minimum Gasteiger partial charge on any atom is -0.351 e. The van der Waals surface area contributed by atoms with Gasteiger partial charge in [-0.1, -0.05) is 6.07 Å². The Bertz CT molecular complexity index is 743. The number of aromatic nitrogens is 2. The molecule has 2 aromatic heterocycles. The van der Waals surface area contributed by atoms with Gasteiger partial charge in [-0.05, 0) is 26.0 Å². The molecule has 0 unspecified atom stereocenters. The minimum absolute atomic E-state index is 0.00805. The molecule has 1 amide bonds. The number of rotatable bonds is 7. The Labute approximate surface area is 158 Å². The van der Waals surface area contributed by atoms with Gasteiger partial charge in [0.15, 0.2) is 5.96 Å². The molecule has 0 saturated heterocycles. The number of carbonyl (C=O) groups is 1. The number of nitrogens with zero attached hydrogens (tertiary/aromatic N) is 4. The number of carbonyl (C=O) groups excluding carboxylic acids is 1. The van der Waals surface area contributed by atoms with Crippen LogP contribution in [-0.4, -0.2) is 53.9 Å². The smallest absolute Gasteiger partial charge is 0.241 e. The molecule has 0 aromatic carbocycles. The molecule has 0 spiro atoms. The summed E-state index contributed by atoms with van der Waals surface area (Å²) in [6.45, 7) is 5.45. The van der Waals surface area contributed by atoms with Crippen molar-refractivity contribution < 1.29 is 4.79 Å². The zero-order valence-electron chi connectivity index (χ0n) is 15.7. The first-order valence-electron chi connectivity index (χ1n) is 8.51. The molecule has 140 valence electrons. The monoisotopic (exact) mass is 374 g/mol. The predicted octanol–water partition coefficient (Wildman–Crippen LogP) is 1.52. The normalized spacial score (nSPS) is 11.3. The van der Waals surface area contributed by atoms with Crippen LogP contribution in [0.15, 0.2) is 29.4 Å². The van der Waals surface area contributed by atoms with Gasteiger partial charge in [-0.2, -0.15) is 0 Å². The van der Waals surface area contributed by atoms with Gasteiger partial charge in [0.05, 0.1) is 23.8 Å². The number of amides is 1. The Morgan fingerprint density at radius 3 is 2.73 bits per heavy atom. The molecular formula is C18H26N6OS. The molecular weight excluding hydrogens is 348 g/mol. The lowest BCUT2D eigenvalue weighted by Gasteiger charge is -2.18. The maximum atomic E-state index is 12.3. The molecule has 26 heavy (non-hydrogen) atoms. The maximum absolute atomic E-state index is 12.3. The molecule has 0 bridgehead atoms. The zero-order valence-corrected chi connectivity index (χ0v) is 16.6. The van der Waals surface area contributed by atoms with Gasteiger partial charge in [0.1, 0.15) is 0 Å². The molecule has 0 atom stereocenters. The molecule has 0 aliphatic heterocycles. The summed E-state index contributed by atoms with van der Waals surface area (Å²) >= 11 is 1.66. The quantitative estimate of drug-likeness (QED) is 0.567. The number of aryl methyl sites for hydroxylation is 2. The van der Waals surface area contributed by atoms with Crippen molar-refractivity contribution in [3.05, 3.63) is 45.7 Å². The van der Waals surface area contributed by atoms with Crippen LogP contribution in [0.1, 0.15) is 21.3 Å². The van der Waals surface area contributed by atoms with Crippen LogP contribution >= 0.6 is 11.3 Å². The highest BCUT2D eigenvalue weighted by molar-refractivity contribution is 7.11. The van der Waals surface area contributed by atoms with Gasteiger partial charge in [0, 0.05) is 43.8 Å². The number of likely N-dealkylation sites (N-methyl/N-ethyl adjacent to an activating group) is 1. The average molecular weight is 375 g/mol. The molecule has 0 fully saturated rings. The first-order chi connectivity index (χ1) is 12.5. The number of pyridine rings is 1. The average Bonchev–Trinajstić information content (AvgIpc) is 2.97. The number of hydrogen-bond acceptors (Lipinski definition) is 5. The summed E-state index contributed by atoms with van der Waals surface area (Å²) < 4.78 is 0. The van der Waals surface area contributed by atoms with E-state index in [4.69, 9.17) is 0 Å². The van der Waals surface area contributed by atoms with Crippen LogP contribution in [-0.2, 0) is 17.8 Å². The summed E-state index contributed by atoms with van der Waals surface area (Å²) in [5.74, 6) is 0.607. The van der Waals surface area contributed by atoms with Crippen molar-refractivity contribution in [1.29, 1.82) is 0 Å². The van der Waals surface area contributed by atoms with Crippen LogP contribution < -0.4 is 10.6 Å². The van der Waals surface area contributed by atoms with Crippen LogP contribution in [0.2, 0.25) is 0 Å². The highest BCUT2D eigenvalue weighted by Crippen LogP contribution is 2.16. The van der Waals surface area contributed by atoms with Crippen molar-refractivity contribution in [1.82, 2.24) is 25.5 Å². The van der Waals surface area contributed by atoms with E-state index >= 15 is 0 Å². The van der Waals surface area contributed by atoms with E-state index in [0.717, 1.165) is 22.8 Å². The van der Waals surface area contributed by atoms with Crippen LogP contribution in [0.25, 0.3) is 0 Å². The fraction of sp³-hybridized carbons (Fsp3) is 0.444. The van der Waals surface area contributed by atoms with Gasteiger partial charge in [-0.3, -0.25) is 14.8 Å². The molecule has 0 saturated carbocycles. The third-order valence-corrected chi connectivity index (χ3v) is 4.97. The van der Waals surface area contributed by atoms with Gasteiger partial charge in [0.2, 0.25) is 5.91 Å². The summed E-state index contributed by atoms with van der Waals surface area (Å²) in [7, 11) is 3.49. The van der Waals surface area contributed by atoms with E-state index in [1.807, 2.05) is 32.0 Å².